The van der Waals surface area contributed by atoms with Crippen molar-refractivity contribution in [3.63, 3.8) is 0 Å². The van der Waals surface area contributed by atoms with Gasteiger partial charge in [0.15, 0.2) is 11.4 Å². The number of carbonyl (C=O) groups excluding carboxylic acids is 1. The van der Waals surface area contributed by atoms with Gasteiger partial charge in [-0.25, -0.2) is 4.52 Å². The number of rotatable bonds is 7. The van der Waals surface area contributed by atoms with Gasteiger partial charge in [-0.1, -0.05) is 36.4 Å². The number of para-hydroxylation sites is 1. The molecule has 7 nitrogen and oxygen atoms in total. The highest BCUT2D eigenvalue weighted by atomic mass is 19.4. The Kier molecular flexibility index (Phi) is 6.94. The summed E-state index contributed by atoms with van der Waals surface area (Å²) in [5.74, 6) is 0.275. The number of likely N-dealkylation sites (N-methyl/N-ethyl adjacent to an activating group) is 1. The molecule has 5 rings (SSSR count). The molecular formula is C27H27F3N6O. The van der Waals surface area contributed by atoms with Crippen LogP contribution in [0.4, 0.5) is 24.8 Å². The number of anilines is 2. The molecule has 0 amide bonds. The molecule has 1 aliphatic rings. The molecule has 37 heavy (non-hydrogen) atoms. The molecule has 1 aliphatic heterocycles. The lowest BCUT2D eigenvalue weighted by atomic mass is 10.0. The lowest BCUT2D eigenvalue weighted by Crippen LogP contribution is -2.46. The molecular weight excluding hydrogens is 481 g/mol. The molecule has 3 heterocycles. The molecule has 0 bridgehead atoms. The number of piperazine rings is 1. The number of fused-ring (bicyclic) bond motifs is 1. The number of alkyl halides is 3. The van der Waals surface area contributed by atoms with Gasteiger partial charge in [-0.05, 0) is 42.4 Å². The highest BCUT2D eigenvalue weighted by molar-refractivity contribution is 5.83. The molecule has 0 saturated carbocycles. The molecule has 2 aromatic carbocycles. The lowest BCUT2D eigenvalue weighted by molar-refractivity contribution is -0.137. The fraction of sp³-hybridized carbons (Fsp3) is 0.296. The van der Waals surface area contributed by atoms with E-state index in [1.165, 1.54) is 22.7 Å². The summed E-state index contributed by atoms with van der Waals surface area (Å²) < 4.78 is 41.4. The third-order valence-corrected chi connectivity index (χ3v) is 6.49. The predicted molar refractivity (Wildman–Crippen MR) is 136 cm³/mol. The second-order valence-corrected chi connectivity index (χ2v) is 9.32. The average molecular weight is 509 g/mol. The van der Waals surface area contributed by atoms with Crippen LogP contribution < -0.4 is 5.32 Å². The van der Waals surface area contributed by atoms with E-state index in [9.17, 15) is 18.0 Å². The SMILES string of the molecule is CN1CCN(CC(=O)Cc2ccc(-c3ccc4nc(Nc5ccccc5C(F)(F)F)nn4c3)cc2)CC1. The fourth-order valence-corrected chi connectivity index (χ4v) is 4.42. The average Bonchev–Trinajstić information content (AvgIpc) is 3.27. The Morgan fingerprint density at radius 2 is 1.65 bits per heavy atom. The van der Waals surface area contributed by atoms with Crippen LogP contribution in [0.2, 0.25) is 0 Å². The van der Waals surface area contributed by atoms with E-state index in [4.69, 9.17) is 0 Å². The number of nitrogens with zero attached hydrogens (tertiary/aromatic N) is 5. The Hall–Kier alpha value is -3.76. The molecule has 0 aliphatic carbocycles. The number of benzene rings is 2. The van der Waals surface area contributed by atoms with Crippen LogP contribution >= 0.6 is 0 Å². The molecule has 192 valence electrons. The van der Waals surface area contributed by atoms with Crippen molar-refractivity contribution in [2.75, 3.05) is 45.1 Å². The Bertz CT molecular complexity index is 1390. The molecule has 2 aromatic heterocycles. The van der Waals surface area contributed by atoms with Crippen molar-refractivity contribution in [2.24, 2.45) is 0 Å². The van der Waals surface area contributed by atoms with Gasteiger partial charge in [0.05, 0.1) is 17.8 Å². The standard InChI is InChI=1S/C27H27F3N6O/c1-34-12-14-35(15-13-34)18-22(37)16-19-6-8-20(9-7-19)21-10-11-25-32-26(33-36(25)17-21)31-24-5-3-2-4-23(24)27(28,29)30/h2-11,17H,12-16,18H2,1H3,(H,31,33). The summed E-state index contributed by atoms with van der Waals surface area (Å²) in [7, 11) is 2.09. The number of hydrogen-bond donors (Lipinski definition) is 1. The van der Waals surface area contributed by atoms with Crippen LogP contribution in [0.25, 0.3) is 16.8 Å². The Balaban J connectivity index is 1.26. The van der Waals surface area contributed by atoms with Gasteiger partial charge in [-0.3, -0.25) is 9.69 Å². The van der Waals surface area contributed by atoms with Gasteiger partial charge < -0.3 is 10.2 Å². The van der Waals surface area contributed by atoms with Crippen molar-refractivity contribution in [1.82, 2.24) is 24.4 Å². The van der Waals surface area contributed by atoms with Crippen molar-refractivity contribution < 1.29 is 18.0 Å². The maximum absolute atomic E-state index is 13.3. The Labute approximate surface area is 212 Å². The number of carbonyl (C=O) groups is 1. The van der Waals surface area contributed by atoms with Crippen molar-refractivity contribution in [2.45, 2.75) is 12.6 Å². The van der Waals surface area contributed by atoms with Gasteiger partial charge in [0, 0.05) is 44.4 Å². The van der Waals surface area contributed by atoms with Gasteiger partial charge >= 0.3 is 6.18 Å². The maximum Gasteiger partial charge on any atom is 0.418 e. The van der Waals surface area contributed by atoms with Crippen molar-refractivity contribution in [3.05, 3.63) is 78.0 Å². The molecule has 0 spiro atoms. The summed E-state index contributed by atoms with van der Waals surface area (Å²) in [4.78, 5) is 21.3. The first-order valence-electron chi connectivity index (χ1n) is 12.1. The van der Waals surface area contributed by atoms with Crippen molar-refractivity contribution in [3.8, 4) is 11.1 Å². The normalized spacial score (nSPS) is 15.2. The topological polar surface area (TPSA) is 65.8 Å². The van der Waals surface area contributed by atoms with Crippen molar-refractivity contribution in [1.29, 1.82) is 0 Å². The summed E-state index contributed by atoms with van der Waals surface area (Å²) >= 11 is 0. The highest BCUT2D eigenvalue weighted by Crippen LogP contribution is 2.35. The number of pyridine rings is 1. The minimum absolute atomic E-state index is 0.0723. The van der Waals surface area contributed by atoms with Crippen LogP contribution in [0.3, 0.4) is 0 Å². The third-order valence-electron chi connectivity index (χ3n) is 6.49. The molecule has 1 fully saturated rings. The molecule has 0 radical (unpaired) electrons. The second-order valence-electron chi connectivity index (χ2n) is 9.32. The van der Waals surface area contributed by atoms with Crippen LogP contribution in [0.15, 0.2) is 66.9 Å². The first-order chi connectivity index (χ1) is 17.7. The summed E-state index contributed by atoms with van der Waals surface area (Å²) in [6.07, 6.45) is -2.32. The Morgan fingerprint density at radius 3 is 2.38 bits per heavy atom. The predicted octanol–water partition coefficient (Wildman–Crippen LogP) is 4.52. The van der Waals surface area contributed by atoms with Crippen LogP contribution in [-0.4, -0.2) is 70.0 Å². The van der Waals surface area contributed by atoms with Crippen LogP contribution in [-0.2, 0) is 17.4 Å². The fourth-order valence-electron chi connectivity index (χ4n) is 4.42. The van der Waals surface area contributed by atoms with E-state index in [1.54, 1.807) is 12.3 Å². The van der Waals surface area contributed by atoms with E-state index < -0.39 is 11.7 Å². The molecule has 4 aromatic rings. The quantitative estimate of drug-likeness (QED) is 0.396. The monoisotopic (exact) mass is 508 g/mol. The Morgan fingerprint density at radius 1 is 0.946 bits per heavy atom. The molecule has 1 saturated heterocycles. The van der Waals surface area contributed by atoms with E-state index in [2.05, 4.69) is 32.2 Å². The summed E-state index contributed by atoms with van der Waals surface area (Å²) in [6.45, 7) is 4.27. The number of nitrogens with one attached hydrogen (secondary N) is 1. The maximum atomic E-state index is 13.3. The first kappa shape index (κ1) is 24.9. The molecule has 10 heteroatoms. The van der Waals surface area contributed by atoms with Crippen molar-refractivity contribution >= 4 is 23.1 Å². The van der Waals surface area contributed by atoms with E-state index >= 15 is 0 Å². The zero-order valence-electron chi connectivity index (χ0n) is 20.4. The zero-order valence-corrected chi connectivity index (χ0v) is 20.4. The van der Waals surface area contributed by atoms with E-state index in [1.807, 2.05) is 30.3 Å². The van der Waals surface area contributed by atoms with Crippen LogP contribution in [0, 0.1) is 0 Å². The number of Topliss-reactive ketones (excluding diaryl/α,β-unsaturated/α-hetero) is 1. The van der Waals surface area contributed by atoms with Crippen LogP contribution in [0.5, 0.6) is 0 Å². The number of aromatic nitrogens is 3. The smallest absolute Gasteiger partial charge is 0.322 e. The molecule has 1 N–H and O–H groups in total. The summed E-state index contributed by atoms with van der Waals surface area (Å²) in [6, 6.07) is 16.7. The third kappa shape index (κ3) is 5.98. The van der Waals surface area contributed by atoms with E-state index in [0.29, 0.717) is 18.6 Å². The highest BCUT2D eigenvalue weighted by Gasteiger charge is 2.33. The van der Waals surface area contributed by atoms with Crippen LogP contribution in [0.1, 0.15) is 11.1 Å². The van der Waals surface area contributed by atoms with Gasteiger partial charge in [0.25, 0.3) is 0 Å². The van der Waals surface area contributed by atoms with Gasteiger partial charge in [-0.2, -0.15) is 18.2 Å². The van der Waals surface area contributed by atoms with E-state index in [0.717, 1.165) is 48.9 Å². The first-order valence-corrected chi connectivity index (χ1v) is 12.1. The zero-order chi connectivity index (χ0) is 26.0. The number of hydrogen-bond acceptors (Lipinski definition) is 6. The molecule has 0 unspecified atom stereocenters. The summed E-state index contributed by atoms with van der Waals surface area (Å²) in [5, 5.41) is 6.99. The minimum atomic E-state index is -4.49. The largest absolute Gasteiger partial charge is 0.418 e. The lowest BCUT2D eigenvalue weighted by Gasteiger charge is -2.31. The number of halogens is 3. The second kappa shape index (κ2) is 10.3. The van der Waals surface area contributed by atoms with E-state index in [-0.39, 0.29) is 17.4 Å². The van der Waals surface area contributed by atoms with Gasteiger partial charge in [0.1, 0.15) is 0 Å². The summed E-state index contributed by atoms with van der Waals surface area (Å²) in [5.41, 5.74) is 2.38. The number of ketones is 1. The molecule has 0 atom stereocenters. The van der Waals surface area contributed by atoms with Gasteiger partial charge in [0.2, 0.25) is 5.95 Å². The van der Waals surface area contributed by atoms with Gasteiger partial charge in [-0.15, -0.1) is 5.10 Å². The minimum Gasteiger partial charge on any atom is -0.322 e.